The molecule has 1 aromatic carbocycles. The van der Waals surface area contributed by atoms with Gasteiger partial charge in [-0.25, -0.2) is 0 Å². The van der Waals surface area contributed by atoms with Crippen LogP contribution in [0.1, 0.15) is 55.7 Å². The fourth-order valence-electron chi connectivity index (χ4n) is 6.05. The van der Waals surface area contributed by atoms with E-state index < -0.39 is 0 Å². The van der Waals surface area contributed by atoms with Crippen molar-refractivity contribution in [3.63, 3.8) is 0 Å². The average molecular weight is 279 g/mol. The Hall–Kier alpha value is -1.15. The Kier molecular flexibility index (Phi) is 1.70. The lowest BCUT2D eigenvalue weighted by atomic mass is 9.67. The second kappa shape index (κ2) is 3.12. The molecule has 2 heteroatoms. The van der Waals surface area contributed by atoms with E-state index in [2.05, 4.69) is 29.2 Å². The summed E-state index contributed by atoms with van der Waals surface area (Å²) in [5.74, 6) is 0.672. The molecule has 3 saturated carbocycles. The lowest BCUT2D eigenvalue weighted by Crippen LogP contribution is -2.61. The quantitative estimate of drug-likeness (QED) is 0.726. The second-order valence-corrected chi connectivity index (χ2v) is 8.14. The first kappa shape index (κ1) is 11.4. The third-order valence-corrected chi connectivity index (χ3v) is 7.40. The van der Waals surface area contributed by atoms with E-state index in [-0.39, 0.29) is 16.4 Å². The zero-order valence-electron chi connectivity index (χ0n) is 12.4. The van der Waals surface area contributed by atoms with Gasteiger partial charge in [-0.3, -0.25) is 9.69 Å². The summed E-state index contributed by atoms with van der Waals surface area (Å²) in [4.78, 5) is 16.2. The topological polar surface area (TPSA) is 20.3 Å². The van der Waals surface area contributed by atoms with Gasteiger partial charge in [0.2, 0.25) is 0 Å². The Bertz CT molecular complexity index is 679. The highest BCUT2D eigenvalue weighted by atomic mass is 16.1. The maximum Gasteiger partial charge on any atom is 0.148 e. The zero-order chi connectivity index (χ0) is 13.9. The van der Waals surface area contributed by atoms with Gasteiger partial charge in [0, 0.05) is 29.0 Å². The first-order valence-corrected chi connectivity index (χ1v) is 8.63. The van der Waals surface area contributed by atoms with Crippen molar-refractivity contribution >= 4 is 5.78 Å². The van der Waals surface area contributed by atoms with Crippen molar-refractivity contribution in [2.24, 2.45) is 10.8 Å². The van der Waals surface area contributed by atoms with Gasteiger partial charge in [0.25, 0.3) is 0 Å². The number of benzene rings is 1. The number of ketones is 1. The predicted molar refractivity (Wildman–Crippen MR) is 79.9 cm³/mol. The number of fused-ring (bicyclic) bond motifs is 6. The molecule has 108 valence electrons. The number of nitrogens with zero attached hydrogens (tertiary/aromatic N) is 1. The van der Waals surface area contributed by atoms with Crippen molar-refractivity contribution in [3.8, 4) is 0 Å². The number of piperidine rings is 1. The molecule has 1 atom stereocenters. The molecule has 5 aliphatic rings. The number of carbonyl (C=O) groups excluding carboxylic acids is 1. The van der Waals surface area contributed by atoms with E-state index in [1.165, 1.54) is 49.8 Å². The molecule has 21 heavy (non-hydrogen) atoms. The highest BCUT2D eigenvalue weighted by molar-refractivity contribution is 5.98. The van der Waals surface area contributed by atoms with E-state index in [0.717, 1.165) is 12.8 Å². The van der Waals surface area contributed by atoms with Gasteiger partial charge in [0.15, 0.2) is 0 Å². The number of hydrogen-bond donors (Lipinski definition) is 0. The Morgan fingerprint density at radius 1 is 1.00 bits per heavy atom. The molecule has 1 unspecified atom stereocenters. The molecule has 0 radical (unpaired) electrons. The first-order chi connectivity index (χ1) is 10.2. The first-order valence-electron chi connectivity index (χ1n) is 8.63. The van der Waals surface area contributed by atoms with Crippen molar-refractivity contribution in [3.05, 3.63) is 35.4 Å². The van der Waals surface area contributed by atoms with E-state index in [4.69, 9.17) is 0 Å². The van der Waals surface area contributed by atoms with Crippen LogP contribution in [0.15, 0.2) is 24.3 Å². The third-order valence-electron chi connectivity index (χ3n) is 7.40. The van der Waals surface area contributed by atoms with E-state index in [1.54, 1.807) is 0 Å². The van der Waals surface area contributed by atoms with E-state index >= 15 is 0 Å². The summed E-state index contributed by atoms with van der Waals surface area (Å²) in [6.07, 6.45) is 8.35. The molecule has 2 nitrogen and oxygen atoms in total. The van der Waals surface area contributed by atoms with Crippen LogP contribution in [-0.2, 0) is 11.2 Å². The fourth-order valence-corrected chi connectivity index (χ4v) is 6.05. The SMILES string of the molecule is O=C1C2(CC2)C2c3ccccc3CCN2C2(CC2)C12CC2. The molecular weight excluding hydrogens is 258 g/mol. The Balaban J connectivity index is 1.59. The second-order valence-electron chi connectivity index (χ2n) is 8.14. The van der Waals surface area contributed by atoms with Crippen molar-refractivity contribution in [2.45, 2.75) is 56.5 Å². The summed E-state index contributed by atoms with van der Waals surface area (Å²) in [7, 11) is 0. The molecular formula is C19H21NO. The Morgan fingerprint density at radius 2 is 1.76 bits per heavy atom. The van der Waals surface area contributed by atoms with Crippen LogP contribution in [0.5, 0.6) is 0 Å². The van der Waals surface area contributed by atoms with Crippen molar-refractivity contribution < 1.29 is 4.79 Å². The van der Waals surface area contributed by atoms with Gasteiger partial charge in [-0.15, -0.1) is 0 Å². The lowest BCUT2D eigenvalue weighted by molar-refractivity contribution is -0.148. The van der Waals surface area contributed by atoms with Gasteiger partial charge >= 0.3 is 0 Å². The summed E-state index contributed by atoms with van der Waals surface area (Å²) < 4.78 is 0. The molecule has 0 bridgehead atoms. The minimum Gasteiger partial charge on any atom is -0.298 e. The molecule has 0 amide bonds. The van der Waals surface area contributed by atoms with Crippen LogP contribution in [0, 0.1) is 10.8 Å². The summed E-state index contributed by atoms with van der Waals surface area (Å²) in [5.41, 5.74) is 3.35. The Morgan fingerprint density at radius 3 is 2.43 bits per heavy atom. The van der Waals surface area contributed by atoms with Gasteiger partial charge in [-0.05, 0) is 56.1 Å². The minimum atomic E-state index is 0.000856. The molecule has 3 aliphatic carbocycles. The number of rotatable bonds is 0. The molecule has 0 N–H and O–H groups in total. The third kappa shape index (κ3) is 1.07. The summed E-state index contributed by atoms with van der Waals surface area (Å²) in [5, 5.41) is 0. The fraction of sp³-hybridized carbons (Fsp3) is 0.632. The van der Waals surface area contributed by atoms with Crippen LogP contribution >= 0.6 is 0 Å². The molecule has 3 spiro atoms. The van der Waals surface area contributed by atoms with Crippen LogP contribution in [0.25, 0.3) is 0 Å². The van der Waals surface area contributed by atoms with Crippen LogP contribution in [0.2, 0.25) is 0 Å². The minimum absolute atomic E-state index is 0.000856. The predicted octanol–water partition coefficient (Wildman–Crippen LogP) is 3.26. The molecule has 2 aliphatic heterocycles. The maximum atomic E-state index is 13.4. The van der Waals surface area contributed by atoms with Crippen LogP contribution in [0.4, 0.5) is 0 Å². The summed E-state index contributed by atoms with van der Waals surface area (Å²) in [6.45, 7) is 1.18. The monoisotopic (exact) mass is 279 g/mol. The van der Waals surface area contributed by atoms with Gasteiger partial charge in [0.05, 0.1) is 0 Å². The Labute approximate surface area is 125 Å². The highest BCUT2D eigenvalue weighted by Gasteiger charge is 2.81. The van der Waals surface area contributed by atoms with Gasteiger partial charge in [-0.2, -0.15) is 0 Å². The smallest absolute Gasteiger partial charge is 0.148 e. The van der Waals surface area contributed by atoms with Gasteiger partial charge in [0.1, 0.15) is 5.78 Å². The molecule has 0 aromatic heterocycles. The average Bonchev–Trinajstić information content (AvgIpc) is 3.36. The number of carbonyl (C=O) groups is 1. The van der Waals surface area contributed by atoms with Gasteiger partial charge in [-0.1, -0.05) is 24.3 Å². The summed E-state index contributed by atoms with van der Waals surface area (Å²) >= 11 is 0. The van der Waals surface area contributed by atoms with Crippen molar-refractivity contribution in [1.29, 1.82) is 0 Å². The van der Waals surface area contributed by atoms with E-state index in [1.807, 2.05) is 0 Å². The number of Topliss-reactive ketones (excluding diaryl/α,β-unsaturated/α-hetero) is 1. The standard InChI is InChI=1S/C19H21NO/c21-16-17(6-7-17)15-14-4-2-1-3-13(14)5-12-20(15)19(10-11-19)18(16)8-9-18/h1-4,15H,5-12H2. The maximum absolute atomic E-state index is 13.4. The van der Waals surface area contributed by atoms with Crippen LogP contribution in [-0.4, -0.2) is 22.8 Å². The molecule has 4 fully saturated rings. The molecule has 2 heterocycles. The highest BCUT2D eigenvalue weighted by Crippen LogP contribution is 2.79. The molecule has 6 rings (SSSR count). The lowest BCUT2D eigenvalue weighted by Gasteiger charge is -2.54. The van der Waals surface area contributed by atoms with Crippen LogP contribution < -0.4 is 0 Å². The van der Waals surface area contributed by atoms with Gasteiger partial charge < -0.3 is 0 Å². The van der Waals surface area contributed by atoms with Crippen LogP contribution in [0.3, 0.4) is 0 Å². The molecule has 1 saturated heterocycles. The zero-order valence-corrected chi connectivity index (χ0v) is 12.4. The summed E-state index contributed by atoms with van der Waals surface area (Å²) in [6, 6.07) is 9.33. The van der Waals surface area contributed by atoms with Crippen molar-refractivity contribution in [2.75, 3.05) is 6.54 Å². The van der Waals surface area contributed by atoms with E-state index in [9.17, 15) is 4.79 Å². The largest absolute Gasteiger partial charge is 0.298 e. The molecule has 1 aromatic rings. The van der Waals surface area contributed by atoms with E-state index in [0.29, 0.717) is 11.8 Å². The number of hydrogen-bond acceptors (Lipinski definition) is 2. The van der Waals surface area contributed by atoms with Crippen molar-refractivity contribution in [1.82, 2.24) is 4.90 Å². The normalized spacial score (nSPS) is 35.6.